The Morgan fingerprint density at radius 2 is 1.05 bits per heavy atom. The zero-order valence-corrected chi connectivity index (χ0v) is 12.7. The third-order valence-corrected chi connectivity index (χ3v) is 5.65. The number of rotatable bonds is 4. The van der Waals surface area contributed by atoms with Gasteiger partial charge in [-0.1, -0.05) is 30.3 Å². The smallest absolute Gasteiger partial charge is 0.161 e. The Morgan fingerprint density at radius 3 is 1.50 bits per heavy atom. The van der Waals surface area contributed by atoms with Crippen molar-refractivity contribution < 1.29 is 8.78 Å². The molecule has 0 aliphatic carbocycles. The summed E-state index contributed by atoms with van der Waals surface area (Å²) in [7, 11) is -0.252. The lowest BCUT2D eigenvalue weighted by Gasteiger charge is -2.08. The summed E-state index contributed by atoms with van der Waals surface area (Å²) >= 11 is 0. The van der Waals surface area contributed by atoms with Gasteiger partial charge in [0.15, 0.2) is 9.79 Å². The minimum atomic E-state index is -0.252. The third-order valence-electron chi connectivity index (χ3n) is 3.35. The van der Waals surface area contributed by atoms with Gasteiger partial charge < -0.3 is 0 Å². The molecule has 0 nitrogen and oxygen atoms in total. The topological polar surface area (TPSA) is 0 Å². The van der Waals surface area contributed by atoms with Gasteiger partial charge in [0.1, 0.15) is 17.4 Å². The number of hydrogen-bond donors (Lipinski definition) is 0. The van der Waals surface area contributed by atoms with Crippen LogP contribution in [0.4, 0.5) is 8.78 Å². The molecule has 3 rings (SSSR count). The molecule has 0 N–H and O–H groups in total. The largest absolute Gasteiger partial charge is 0.207 e. The normalized spacial score (nSPS) is 10.9. The molecule has 110 valence electrons. The third kappa shape index (κ3) is 3.55. The second-order valence-corrected chi connectivity index (χ2v) is 6.94. The summed E-state index contributed by atoms with van der Waals surface area (Å²) in [5.74, 6) is 0.329. The van der Waals surface area contributed by atoms with E-state index in [4.69, 9.17) is 0 Å². The summed E-state index contributed by atoms with van der Waals surface area (Å²) in [6, 6.07) is 23.3. The molecule has 0 unspecified atom stereocenters. The van der Waals surface area contributed by atoms with E-state index >= 15 is 0 Å². The quantitative estimate of drug-likeness (QED) is 0.581. The van der Waals surface area contributed by atoms with E-state index in [0.29, 0.717) is 0 Å². The summed E-state index contributed by atoms with van der Waals surface area (Å²) in [6.07, 6.45) is 0. The van der Waals surface area contributed by atoms with E-state index in [0.717, 1.165) is 15.5 Å². The number of hydrogen-bond acceptors (Lipinski definition) is 0. The maximum Gasteiger partial charge on any atom is 0.161 e. The van der Waals surface area contributed by atoms with Crippen molar-refractivity contribution in [2.45, 2.75) is 15.5 Å². The van der Waals surface area contributed by atoms with Gasteiger partial charge in [-0.2, -0.15) is 0 Å². The Morgan fingerprint density at radius 1 is 0.591 bits per heavy atom. The van der Waals surface area contributed by atoms with Crippen LogP contribution < -0.4 is 0 Å². The highest BCUT2D eigenvalue weighted by atomic mass is 32.2. The van der Waals surface area contributed by atoms with E-state index in [1.54, 1.807) is 0 Å². The maximum absolute atomic E-state index is 13.2. The van der Waals surface area contributed by atoms with Crippen molar-refractivity contribution in [1.29, 1.82) is 0 Å². The Balaban J connectivity index is 1.97. The molecule has 0 heterocycles. The fourth-order valence-electron chi connectivity index (χ4n) is 2.24. The first-order valence-electron chi connectivity index (χ1n) is 6.98. The summed E-state index contributed by atoms with van der Waals surface area (Å²) < 4.78 is 26.4. The molecular weight excluding hydrogens is 298 g/mol. The lowest BCUT2D eigenvalue weighted by molar-refractivity contribution is 0.626. The van der Waals surface area contributed by atoms with Gasteiger partial charge in [-0.05, 0) is 48.5 Å². The van der Waals surface area contributed by atoms with Crippen molar-refractivity contribution in [3.8, 4) is 0 Å². The van der Waals surface area contributed by atoms with E-state index in [1.807, 2.05) is 42.5 Å². The molecule has 0 aliphatic heterocycles. The van der Waals surface area contributed by atoms with E-state index < -0.39 is 0 Å². The van der Waals surface area contributed by atoms with Crippen molar-refractivity contribution in [2.75, 3.05) is 0 Å². The first-order chi connectivity index (χ1) is 10.7. The average molecular weight is 313 g/mol. The van der Waals surface area contributed by atoms with Gasteiger partial charge in [-0.3, -0.25) is 0 Å². The van der Waals surface area contributed by atoms with Gasteiger partial charge in [0.25, 0.3) is 0 Å². The fraction of sp³-hybridized carbons (Fsp3) is 0.0526. The molecule has 0 saturated carbocycles. The highest BCUT2D eigenvalue weighted by molar-refractivity contribution is 7.96. The predicted octanol–water partition coefficient (Wildman–Crippen LogP) is 5.20. The van der Waals surface area contributed by atoms with Crippen molar-refractivity contribution in [3.05, 3.63) is 96.1 Å². The molecule has 0 atom stereocenters. The summed E-state index contributed by atoms with van der Waals surface area (Å²) in [6.45, 7) is 0. The number of halogens is 2. The maximum atomic E-state index is 13.2. The van der Waals surface area contributed by atoms with Crippen LogP contribution in [0.3, 0.4) is 0 Å². The first kappa shape index (κ1) is 14.8. The van der Waals surface area contributed by atoms with Crippen LogP contribution in [-0.4, -0.2) is 0 Å². The van der Waals surface area contributed by atoms with Crippen molar-refractivity contribution in [2.24, 2.45) is 0 Å². The van der Waals surface area contributed by atoms with Gasteiger partial charge in [-0.25, -0.2) is 8.78 Å². The van der Waals surface area contributed by atoms with E-state index in [1.165, 1.54) is 29.8 Å². The van der Waals surface area contributed by atoms with Gasteiger partial charge >= 0.3 is 0 Å². The zero-order valence-electron chi connectivity index (χ0n) is 11.9. The second-order valence-electron chi connectivity index (χ2n) is 4.93. The Hall–Kier alpha value is -2.13. The van der Waals surface area contributed by atoms with Crippen LogP contribution in [0.5, 0.6) is 0 Å². The van der Waals surface area contributed by atoms with Crippen molar-refractivity contribution >= 4 is 10.9 Å². The van der Waals surface area contributed by atoms with Gasteiger partial charge in [0.2, 0.25) is 0 Å². The summed E-state index contributed by atoms with van der Waals surface area (Å²) in [5, 5.41) is 0. The molecule has 0 aromatic heterocycles. The molecule has 0 amide bonds. The lowest BCUT2D eigenvalue weighted by Crippen LogP contribution is -2.07. The Labute approximate surface area is 131 Å². The molecule has 0 aliphatic rings. The number of benzene rings is 3. The fourth-order valence-corrected chi connectivity index (χ4v) is 4.30. The van der Waals surface area contributed by atoms with Crippen LogP contribution in [0.1, 0.15) is 5.56 Å². The minimum absolute atomic E-state index is 0.244. The molecule has 3 heteroatoms. The first-order valence-corrected chi connectivity index (χ1v) is 8.38. The van der Waals surface area contributed by atoms with Crippen LogP contribution in [0.15, 0.2) is 88.7 Å². The van der Waals surface area contributed by atoms with Crippen LogP contribution >= 0.6 is 0 Å². The van der Waals surface area contributed by atoms with E-state index in [-0.39, 0.29) is 22.5 Å². The molecule has 0 spiro atoms. The van der Waals surface area contributed by atoms with Crippen LogP contribution in [0.2, 0.25) is 0 Å². The van der Waals surface area contributed by atoms with Gasteiger partial charge in [-0.15, -0.1) is 0 Å². The van der Waals surface area contributed by atoms with Crippen molar-refractivity contribution in [3.63, 3.8) is 0 Å². The summed E-state index contributed by atoms with van der Waals surface area (Å²) in [5.41, 5.74) is 1.21. The molecule has 0 bridgehead atoms. The molecule has 3 aromatic rings. The molecular formula is C19H15F2S+. The highest BCUT2D eigenvalue weighted by Gasteiger charge is 2.25. The van der Waals surface area contributed by atoms with Crippen LogP contribution in [-0.2, 0) is 16.6 Å². The molecule has 0 fully saturated rings. The lowest BCUT2D eigenvalue weighted by atomic mass is 10.2. The van der Waals surface area contributed by atoms with Gasteiger partial charge in [0.05, 0.1) is 10.9 Å². The standard InChI is InChI=1S/C19H15F2S/c20-16-6-10-18(11-7-16)22(14-15-4-2-1-3-5-15)19-12-8-17(21)9-13-19/h1-13H,14H2/q+1. The summed E-state index contributed by atoms with van der Waals surface area (Å²) in [4.78, 5) is 2.11. The van der Waals surface area contributed by atoms with Crippen LogP contribution in [0.25, 0.3) is 0 Å². The Kier molecular flexibility index (Phi) is 4.54. The van der Waals surface area contributed by atoms with E-state index in [9.17, 15) is 8.78 Å². The monoisotopic (exact) mass is 313 g/mol. The predicted molar refractivity (Wildman–Crippen MR) is 86.8 cm³/mol. The van der Waals surface area contributed by atoms with Crippen LogP contribution in [0, 0.1) is 11.6 Å². The molecule has 22 heavy (non-hydrogen) atoms. The molecule has 0 radical (unpaired) electrons. The second kappa shape index (κ2) is 6.75. The minimum Gasteiger partial charge on any atom is -0.207 e. The SMILES string of the molecule is Fc1ccc([S+](Cc2ccccc2)c2ccc(F)cc2)cc1. The van der Waals surface area contributed by atoms with Gasteiger partial charge in [0, 0.05) is 5.56 Å². The van der Waals surface area contributed by atoms with Crippen molar-refractivity contribution in [1.82, 2.24) is 0 Å². The molecule has 0 saturated heterocycles. The highest BCUT2D eigenvalue weighted by Crippen LogP contribution is 2.27. The zero-order chi connectivity index (χ0) is 15.4. The Bertz CT molecular complexity index is 676. The molecule has 3 aromatic carbocycles. The van der Waals surface area contributed by atoms with E-state index in [2.05, 4.69) is 12.1 Å². The average Bonchev–Trinajstić information content (AvgIpc) is 2.56.